The predicted molar refractivity (Wildman–Crippen MR) is 100 cm³/mol. The van der Waals surface area contributed by atoms with Crippen molar-refractivity contribution in [2.45, 2.75) is 33.4 Å². The fraction of sp³-hybridized carbons (Fsp3) is 0.400. The molecule has 1 N–H and O–H groups in total. The lowest BCUT2D eigenvalue weighted by atomic mass is 10.1. The molecule has 0 bridgehead atoms. The highest BCUT2D eigenvalue weighted by atomic mass is 16.5. The van der Waals surface area contributed by atoms with Crippen LogP contribution in [0.1, 0.15) is 44.9 Å². The van der Waals surface area contributed by atoms with Crippen molar-refractivity contribution in [2.24, 2.45) is 0 Å². The third kappa shape index (κ3) is 4.49. The van der Waals surface area contributed by atoms with E-state index in [2.05, 4.69) is 15.3 Å². The Morgan fingerprint density at radius 2 is 1.96 bits per heavy atom. The molecule has 7 nitrogen and oxygen atoms in total. The largest absolute Gasteiger partial charge is 0.457 e. The van der Waals surface area contributed by atoms with Gasteiger partial charge in [0.25, 0.3) is 5.91 Å². The van der Waals surface area contributed by atoms with E-state index in [0.717, 1.165) is 5.56 Å². The minimum absolute atomic E-state index is 0.118. The molecule has 1 aliphatic heterocycles. The number of nitrogens with one attached hydrogen (secondary N) is 1. The topological polar surface area (TPSA) is 84.4 Å². The molecule has 1 unspecified atom stereocenters. The normalized spacial score (nSPS) is 16.9. The number of carbonyl (C=O) groups excluding carboxylic acids is 2. The Morgan fingerprint density at radius 1 is 1.22 bits per heavy atom. The van der Waals surface area contributed by atoms with Gasteiger partial charge in [0, 0.05) is 25.7 Å². The van der Waals surface area contributed by atoms with Gasteiger partial charge in [-0.2, -0.15) is 0 Å². The lowest BCUT2D eigenvalue weighted by molar-refractivity contribution is 0.0462. The van der Waals surface area contributed by atoms with E-state index in [1.54, 1.807) is 18.7 Å². The molecule has 7 heteroatoms. The number of hydrogen-bond donors (Lipinski definition) is 1. The van der Waals surface area contributed by atoms with Gasteiger partial charge >= 0.3 is 5.97 Å². The fourth-order valence-corrected chi connectivity index (χ4v) is 3.17. The SMILES string of the molecule is Cc1nc(C)c(C(=O)OCc2ccccc2)c(C(=O)N2CCNC(C)C2)n1. The summed E-state index contributed by atoms with van der Waals surface area (Å²) in [5.74, 6) is -0.384. The molecular formula is C20H24N4O3. The van der Waals surface area contributed by atoms with Crippen molar-refractivity contribution in [1.82, 2.24) is 20.2 Å². The van der Waals surface area contributed by atoms with E-state index >= 15 is 0 Å². The molecule has 0 radical (unpaired) electrons. The third-order valence-electron chi connectivity index (χ3n) is 4.48. The van der Waals surface area contributed by atoms with Crippen molar-refractivity contribution in [1.29, 1.82) is 0 Å². The molecule has 0 saturated carbocycles. The number of hydrogen-bond acceptors (Lipinski definition) is 6. The highest BCUT2D eigenvalue weighted by Crippen LogP contribution is 2.17. The van der Waals surface area contributed by atoms with Crippen LogP contribution in [0.2, 0.25) is 0 Å². The van der Waals surface area contributed by atoms with E-state index in [0.29, 0.717) is 31.2 Å². The summed E-state index contributed by atoms with van der Waals surface area (Å²) in [6.45, 7) is 7.41. The number of piperazine rings is 1. The van der Waals surface area contributed by atoms with Crippen LogP contribution in [0.25, 0.3) is 0 Å². The van der Waals surface area contributed by atoms with E-state index in [1.807, 2.05) is 37.3 Å². The van der Waals surface area contributed by atoms with Gasteiger partial charge in [0.05, 0.1) is 5.69 Å². The van der Waals surface area contributed by atoms with Gasteiger partial charge in [-0.3, -0.25) is 4.79 Å². The summed E-state index contributed by atoms with van der Waals surface area (Å²) in [6, 6.07) is 9.60. The molecule has 2 aromatic rings. The van der Waals surface area contributed by atoms with Gasteiger partial charge in [-0.1, -0.05) is 30.3 Å². The summed E-state index contributed by atoms with van der Waals surface area (Å²) in [5.41, 5.74) is 1.59. The van der Waals surface area contributed by atoms with E-state index in [-0.39, 0.29) is 29.8 Å². The summed E-state index contributed by atoms with van der Waals surface area (Å²) in [7, 11) is 0. The number of nitrogens with zero attached hydrogens (tertiary/aromatic N) is 3. The lowest BCUT2D eigenvalue weighted by Crippen LogP contribution is -2.51. The zero-order valence-corrected chi connectivity index (χ0v) is 15.9. The van der Waals surface area contributed by atoms with Crippen molar-refractivity contribution < 1.29 is 14.3 Å². The highest BCUT2D eigenvalue weighted by molar-refractivity contribution is 6.04. The Bertz CT molecular complexity index is 839. The third-order valence-corrected chi connectivity index (χ3v) is 4.48. The number of benzene rings is 1. The molecule has 1 aromatic heterocycles. The zero-order valence-electron chi connectivity index (χ0n) is 15.9. The molecule has 1 saturated heterocycles. The minimum Gasteiger partial charge on any atom is -0.457 e. The molecule has 2 heterocycles. The Labute approximate surface area is 158 Å². The van der Waals surface area contributed by atoms with Crippen LogP contribution >= 0.6 is 0 Å². The highest BCUT2D eigenvalue weighted by Gasteiger charge is 2.29. The lowest BCUT2D eigenvalue weighted by Gasteiger charge is -2.32. The second-order valence-electron chi connectivity index (χ2n) is 6.75. The quantitative estimate of drug-likeness (QED) is 0.830. The summed E-state index contributed by atoms with van der Waals surface area (Å²) in [4.78, 5) is 36.0. The monoisotopic (exact) mass is 368 g/mol. The van der Waals surface area contributed by atoms with Crippen molar-refractivity contribution in [3.8, 4) is 0 Å². The molecule has 3 rings (SSSR count). The first-order valence-electron chi connectivity index (χ1n) is 9.04. The smallest absolute Gasteiger partial charge is 0.342 e. The van der Waals surface area contributed by atoms with Gasteiger partial charge in [0.1, 0.15) is 23.7 Å². The molecule has 1 aromatic carbocycles. The van der Waals surface area contributed by atoms with E-state index in [4.69, 9.17) is 4.74 Å². The molecule has 0 spiro atoms. The van der Waals surface area contributed by atoms with Gasteiger partial charge in [0.15, 0.2) is 0 Å². The standard InChI is InChI=1S/C20H24N4O3/c1-13-11-24(10-9-21-13)19(25)18-17(14(2)22-15(3)23-18)20(26)27-12-16-7-5-4-6-8-16/h4-8,13,21H,9-12H2,1-3H3. The van der Waals surface area contributed by atoms with Crippen LogP contribution in [0.15, 0.2) is 30.3 Å². The number of aryl methyl sites for hydroxylation is 2. The van der Waals surface area contributed by atoms with Crippen molar-refractivity contribution >= 4 is 11.9 Å². The molecule has 142 valence electrons. The number of rotatable bonds is 4. The number of esters is 1. The molecule has 0 aliphatic carbocycles. The number of aromatic nitrogens is 2. The van der Waals surface area contributed by atoms with Gasteiger partial charge < -0.3 is 15.0 Å². The Hall–Kier alpha value is -2.80. The Balaban J connectivity index is 1.85. The van der Waals surface area contributed by atoms with Gasteiger partial charge in [-0.05, 0) is 26.3 Å². The maximum Gasteiger partial charge on any atom is 0.342 e. The number of amides is 1. The zero-order chi connectivity index (χ0) is 19.4. The summed E-state index contributed by atoms with van der Waals surface area (Å²) in [5, 5.41) is 3.30. The first-order chi connectivity index (χ1) is 13.0. The van der Waals surface area contributed by atoms with Crippen LogP contribution in [-0.4, -0.2) is 52.4 Å². The van der Waals surface area contributed by atoms with E-state index < -0.39 is 5.97 Å². The Morgan fingerprint density at radius 3 is 2.67 bits per heavy atom. The van der Waals surface area contributed by atoms with Crippen LogP contribution in [-0.2, 0) is 11.3 Å². The summed E-state index contributed by atoms with van der Waals surface area (Å²) in [6.07, 6.45) is 0. The van der Waals surface area contributed by atoms with Crippen LogP contribution in [0.4, 0.5) is 0 Å². The number of carbonyl (C=O) groups is 2. The van der Waals surface area contributed by atoms with Gasteiger partial charge in [0.2, 0.25) is 0 Å². The first-order valence-corrected chi connectivity index (χ1v) is 9.04. The maximum absolute atomic E-state index is 13.0. The summed E-state index contributed by atoms with van der Waals surface area (Å²) >= 11 is 0. The molecule has 1 atom stereocenters. The van der Waals surface area contributed by atoms with Crippen molar-refractivity contribution in [3.05, 3.63) is 58.7 Å². The molecule has 27 heavy (non-hydrogen) atoms. The van der Waals surface area contributed by atoms with Crippen LogP contribution < -0.4 is 5.32 Å². The average Bonchev–Trinajstić information content (AvgIpc) is 2.65. The molecule has 1 amide bonds. The van der Waals surface area contributed by atoms with Crippen LogP contribution in [0.5, 0.6) is 0 Å². The second kappa shape index (κ2) is 8.26. The average molecular weight is 368 g/mol. The predicted octanol–water partition coefficient (Wildman–Crippen LogP) is 1.88. The number of ether oxygens (including phenoxy) is 1. The van der Waals surface area contributed by atoms with Crippen molar-refractivity contribution in [3.63, 3.8) is 0 Å². The fourth-order valence-electron chi connectivity index (χ4n) is 3.17. The summed E-state index contributed by atoms with van der Waals surface area (Å²) < 4.78 is 5.43. The van der Waals surface area contributed by atoms with Gasteiger partial charge in [-0.25, -0.2) is 14.8 Å². The molecule has 1 aliphatic rings. The maximum atomic E-state index is 13.0. The molecule has 1 fully saturated rings. The van der Waals surface area contributed by atoms with Crippen LogP contribution in [0.3, 0.4) is 0 Å². The Kier molecular flexibility index (Phi) is 5.81. The minimum atomic E-state index is -0.581. The van der Waals surface area contributed by atoms with Crippen LogP contribution in [0, 0.1) is 13.8 Å². The first kappa shape index (κ1) is 19.0. The van der Waals surface area contributed by atoms with Gasteiger partial charge in [-0.15, -0.1) is 0 Å². The van der Waals surface area contributed by atoms with E-state index in [1.165, 1.54) is 0 Å². The second-order valence-corrected chi connectivity index (χ2v) is 6.75. The molecular weight excluding hydrogens is 344 g/mol. The van der Waals surface area contributed by atoms with E-state index in [9.17, 15) is 9.59 Å². The van der Waals surface area contributed by atoms with Crippen molar-refractivity contribution in [2.75, 3.05) is 19.6 Å².